The number of hydrogen-bond acceptors (Lipinski definition) is 3. The van der Waals surface area contributed by atoms with Gasteiger partial charge in [0.1, 0.15) is 5.75 Å². The number of nitrogens with zero attached hydrogens (tertiary/aromatic N) is 1. The lowest BCUT2D eigenvalue weighted by molar-refractivity contribution is -0.386. The number of ether oxygens (including phenoxy) is 1. The summed E-state index contributed by atoms with van der Waals surface area (Å²) in [5.41, 5.74) is 0.597. The van der Waals surface area contributed by atoms with E-state index in [2.05, 4.69) is 0 Å². The quantitative estimate of drug-likeness (QED) is 0.595. The summed E-state index contributed by atoms with van der Waals surface area (Å²) in [4.78, 5) is 10.5. The first kappa shape index (κ1) is 11.1. The maximum Gasteiger partial charge on any atom is 0.314 e. The minimum absolute atomic E-state index is 0.0105. The van der Waals surface area contributed by atoms with Crippen molar-refractivity contribution in [3.63, 3.8) is 0 Å². The number of para-hydroxylation sites is 2. The first-order valence-electron chi connectivity index (χ1n) is 5.15. The predicted octanol–water partition coefficient (Wildman–Crippen LogP) is 3.70. The van der Waals surface area contributed by atoms with Crippen LogP contribution < -0.4 is 4.74 Å². The first-order chi connectivity index (χ1) is 8.18. The maximum atomic E-state index is 11.0. The standard InChI is InChI=1S/C13H11NO3/c1-10-6-5-9-12(13(10)14(15)16)17-11-7-3-2-4-8-11/h2-9H,1H3. The zero-order valence-corrected chi connectivity index (χ0v) is 9.29. The molecule has 2 aromatic rings. The summed E-state index contributed by atoms with van der Waals surface area (Å²) < 4.78 is 5.51. The average molecular weight is 229 g/mol. The fourth-order valence-corrected chi connectivity index (χ4v) is 1.56. The summed E-state index contributed by atoms with van der Waals surface area (Å²) >= 11 is 0. The van der Waals surface area contributed by atoms with Crippen molar-refractivity contribution in [1.29, 1.82) is 0 Å². The predicted molar refractivity (Wildman–Crippen MR) is 64.3 cm³/mol. The molecule has 0 unspecified atom stereocenters. The van der Waals surface area contributed by atoms with Gasteiger partial charge in [0.2, 0.25) is 5.75 Å². The van der Waals surface area contributed by atoms with E-state index in [0.29, 0.717) is 11.3 Å². The van der Waals surface area contributed by atoms with E-state index in [1.54, 1.807) is 37.3 Å². The molecule has 0 aromatic heterocycles. The van der Waals surface area contributed by atoms with E-state index in [-0.39, 0.29) is 11.4 Å². The normalized spacial score (nSPS) is 9.94. The van der Waals surface area contributed by atoms with Gasteiger partial charge in [-0.3, -0.25) is 10.1 Å². The minimum atomic E-state index is -0.423. The molecule has 0 bridgehead atoms. The monoisotopic (exact) mass is 229 g/mol. The van der Waals surface area contributed by atoms with Crippen molar-refractivity contribution in [2.45, 2.75) is 6.92 Å². The van der Waals surface area contributed by atoms with Gasteiger partial charge in [-0.15, -0.1) is 0 Å². The van der Waals surface area contributed by atoms with Crippen molar-refractivity contribution in [3.8, 4) is 11.5 Å². The van der Waals surface area contributed by atoms with E-state index in [9.17, 15) is 10.1 Å². The third kappa shape index (κ3) is 2.42. The van der Waals surface area contributed by atoms with Crippen LogP contribution in [0.2, 0.25) is 0 Å². The number of hydrogen-bond donors (Lipinski definition) is 0. The van der Waals surface area contributed by atoms with Gasteiger partial charge in [-0.05, 0) is 25.1 Å². The second kappa shape index (κ2) is 4.65. The number of benzene rings is 2. The van der Waals surface area contributed by atoms with Crippen molar-refractivity contribution in [2.24, 2.45) is 0 Å². The summed E-state index contributed by atoms with van der Waals surface area (Å²) in [5, 5.41) is 11.0. The van der Waals surface area contributed by atoms with E-state index < -0.39 is 4.92 Å². The highest BCUT2D eigenvalue weighted by Crippen LogP contribution is 2.33. The van der Waals surface area contributed by atoms with Crippen LogP contribution in [-0.4, -0.2) is 4.92 Å². The molecule has 4 nitrogen and oxygen atoms in total. The summed E-state index contributed by atoms with van der Waals surface area (Å²) in [6.07, 6.45) is 0. The molecule has 0 aliphatic carbocycles. The zero-order chi connectivity index (χ0) is 12.3. The lowest BCUT2D eigenvalue weighted by Gasteiger charge is -2.07. The SMILES string of the molecule is Cc1cccc(Oc2ccccc2)c1[N+](=O)[O-]. The van der Waals surface area contributed by atoms with Crippen LogP contribution in [0.25, 0.3) is 0 Å². The van der Waals surface area contributed by atoms with Crippen molar-refractivity contribution in [1.82, 2.24) is 0 Å². The van der Waals surface area contributed by atoms with E-state index in [1.165, 1.54) is 0 Å². The molecule has 0 spiro atoms. The van der Waals surface area contributed by atoms with Gasteiger partial charge in [0.25, 0.3) is 0 Å². The molecule has 0 amide bonds. The highest BCUT2D eigenvalue weighted by atomic mass is 16.6. The molecule has 2 aromatic carbocycles. The molecule has 0 heterocycles. The Hall–Kier alpha value is -2.36. The molecule has 0 saturated heterocycles. The fraction of sp³-hybridized carbons (Fsp3) is 0.0769. The number of aryl methyl sites for hydroxylation is 1. The van der Waals surface area contributed by atoms with Gasteiger partial charge in [0.05, 0.1) is 4.92 Å². The van der Waals surface area contributed by atoms with Gasteiger partial charge in [-0.25, -0.2) is 0 Å². The lowest BCUT2D eigenvalue weighted by atomic mass is 10.2. The number of rotatable bonds is 3. The molecule has 0 radical (unpaired) electrons. The van der Waals surface area contributed by atoms with Crippen molar-refractivity contribution in [2.75, 3.05) is 0 Å². The summed E-state index contributed by atoms with van der Waals surface area (Å²) in [6.45, 7) is 1.69. The summed E-state index contributed by atoms with van der Waals surface area (Å²) in [5.74, 6) is 0.849. The van der Waals surface area contributed by atoms with Crippen LogP contribution in [0, 0.1) is 17.0 Å². The summed E-state index contributed by atoms with van der Waals surface area (Å²) in [6, 6.07) is 14.0. The number of nitro benzene ring substituents is 1. The van der Waals surface area contributed by atoms with Crippen LogP contribution in [0.15, 0.2) is 48.5 Å². The molecule has 0 aliphatic rings. The topological polar surface area (TPSA) is 52.4 Å². The molecule has 17 heavy (non-hydrogen) atoms. The molecule has 4 heteroatoms. The van der Waals surface area contributed by atoms with E-state index in [1.807, 2.05) is 18.2 Å². The Morgan fingerprint density at radius 2 is 1.76 bits per heavy atom. The highest BCUT2D eigenvalue weighted by Gasteiger charge is 2.18. The Morgan fingerprint density at radius 3 is 2.41 bits per heavy atom. The third-order valence-corrected chi connectivity index (χ3v) is 2.35. The minimum Gasteiger partial charge on any atom is -0.450 e. The van der Waals surface area contributed by atoms with Crippen molar-refractivity contribution >= 4 is 5.69 Å². The molecule has 0 fully saturated rings. The Labute approximate surface area is 98.6 Å². The molecule has 0 atom stereocenters. The molecule has 0 saturated carbocycles. The van der Waals surface area contributed by atoms with E-state index in [0.717, 1.165) is 0 Å². The lowest BCUT2D eigenvalue weighted by Crippen LogP contribution is -1.95. The molecule has 2 rings (SSSR count). The van der Waals surface area contributed by atoms with E-state index in [4.69, 9.17) is 4.74 Å². The van der Waals surface area contributed by atoms with Crippen LogP contribution in [0.1, 0.15) is 5.56 Å². The van der Waals surface area contributed by atoms with Gasteiger partial charge in [0.15, 0.2) is 0 Å². The van der Waals surface area contributed by atoms with Gasteiger partial charge in [-0.1, -0.05) is 30.3 Å². The third-order valence-electron chi connectivity index (χ3n) is 2.35. The molecular formula is C13H11NO3. The smallest absolute Gasteiger partial charge is 0.314 e. The van der Waals surface area contributed by atoms with Gasteiger partial charge in [-0.2, -0.15) is 0 Å². The van der Waals surface area contributed by atoms with Crippen molar-refractivity contribution in [3.05, 3.63) is 64.2 Å². The molecular weight excluding hydrogens is 218 g/mol. The molecule has 0 aliphatic heterocycles. The molecule has 86 valence electrons. The van der Waals surface area contributed by atoms with Crippen LogP contribution in [0.5, 0.6) is 11.5 Å². The maximum absolute atomic E-state index is 11.0. The van der Waals surface area contributed by atoms with Crippen molar-refractivity contribution < 1.29 is 9.66 Å². The van der Waals surface area contributed by atoms with Crippen LogP contribution in [0.4, 0.5) is 5.69 Å². The fourth-order valence-electron chi connectivity index (χ4n) is 1.56. The Balaban J connectivity index is 2.40. The van der Waals surface area contributed by atoms with Crippen LogP contribution in [0.3, 0.4) is 0 Å². The Kier molecular flexibility index (Phi) is 3.05. The highest BCUT2D eigenvalue weighted by molar-refractivity contribution is 5.53. The Morgan fingerprint density at radius 1 is 1.06 bits per heavy atom. The van der Waals surface area contributed by atoms with Gasteiger partial charge in [0, 0.05) is 5.56 Å². The van der Waals surface area contributed by atoms with Gasteiger partial charge >= 0.3 is 5.69 Å². The molecule has 0 N–H and O–H groups in total. The first-order valence-corrected chi connectivity index (χ1v) is 5.15. The van der Waals surface area contributed by atoms with Crippen LogP contribution in [-0.2, 0) is 0 Å². The van der Waals surface area contributed by atoms with Crippen LogP contribution >= 0.6 is 0 Å². The second-order valence-corrected chi connectivity index (χ2v) is 3.59. The van der Waals surface area contributed by atoms with Gasteiger partial charge < -0.3 is 4.74 Å². The summed E-state index contributed by atoms with van der Waals surface area (Å²) in [7, 11) is 0. The zero-order valence-electron chi connectivity index (χ0n) is 9.29. The number of nitro groups is 1. The Bertz CT molecular complexity index is 538. The second-order valence-electron chi connectivity index (χ2n) is 3.59. The van der Waals surface area contributed by atoms with E-state index >= 15 is 0 Å². The average Bonchev–Trinajstić information content (AvgIpc) is 2.30. The largest absolute Gasteiger partial charge is 0.450 e.